The summed E-state index contributed by atoms with van der Waals surface area (Å²) in [7, 11) is 0. The van der Waals surface area contributed by atoms with Crippen LogP contribution in [0.3, 0.4) is 0 Å². The Morgan fingerprint density at radius 2 is 1.76 bits per heavy atom. The van der Waals surface area contributed by atoms with Gasteiger partial charge in [-0.25, -0.2) is 4.39 Å². The smallest absolute Gasteiger partial charge is 0.310 e. The normalized spacial score (nSPS) is 29.6. The Hall–Kier alpha value is -2.21. The van der Waals surface area contributed by atoms with Gasteiger partial charge in [-0.3, -0.25) is 9.59 Å². The first-order chi connectivity index (χ1) is 10.1. The van der Waals surface area contributed by atoms with Crippen LogP contribution in [-0.2, 0) is 20.9 Å². The highest BCUT2D eigenvalue weighted by molar-refractivity contribution is 5.87. The predicted octanol–water partition coefficient (Wildman–Crippen LogP) is 1.10. The average Bonchev–Trinajstić information content (AvgIpc) is 3.06. The molecule has 2 bridgehead atoms. The summed E-state index contributed by atoms with van der Waals surface area (Å²) in [5.74, 6) is -3.31. The van der Waals surface area contributed by atoms with E-state index in [1.807, 2.05) is 0 Å². The Kier molecular flexibility index (Phi) is 3.47. The molecule has 1 amide bonds. The van der Waals surface area contributed by atoms with Crippen LogP contribution in [0.15, 0.2) is 36.4 Å². The van der Waals surface area contributed by atoms with Crippen LogP contribution in [0.4, 0.5) is 4.39 Å². The summed E-state index contributed by atoms with van der Waals surface area (Å²) in [5.41, 5.74) is 0.747. The molecule has 1 saturated heterocycles. The highest BCUT2D eigenvalue weighted by atomic mass is 19.1. The minimum Gasteiger partial charge on any atom is -0.481 e. The topological polar surface area (TPSA) is 75.6 Å². The second-order valence-electron chi connectivity index (χ2n) is 5.18. The number of carboxylic acid groups (broad SMARTS) is 1. The highest BCUT2D eigenvalue weighted by Gasteiger charge is 2.53. The number of nitrogens with one attached hydrogen (secondary N) is 1. The van der Waals surface area contributed by atoms with Crippen molar-refractivity contribution in [2.45, 2.75) is 18.8 Å². The lowest BCUT2D eigenvalue weighted by Crippen LogP contribution is -2.42. The molecule has 0 saturated carbocycles. The molecule has 2 aliphatic heterocycles. The fourth-order valence-electron chi connectivity index (χ4n) is 2.82. The van der Waals surface area contributed by atoms with E-state index >= 15 is 0 Å². The molecule has 1 fully saturated rings. The average molecular weight is 291 g/mol. The van der Waals surface area contributed by atoms with Crippen molar-refractivity contribution in [2.24, 2.45) is 11.8 Å². The van der Waals surface area contributed by atoms with Crippen molar-refractivity contribution in [3.8, 4) is 0 Å². The molecule has 110 valence electrons. The zero-order valence-corrected chi connectivity index (χ0v) is 11.0. The molecule has 4 atom stereocenters. The van der Waals surface area contributed by atoms with Crippen molar-refractivity contribution in [3.05, 3.63) is 47.8 Å². The van der Waals surface area contributed by atoms with Gasteiger partial charge in [-0.15, -0.1) is 0 Å². The van der Waals surface area contributed by atoms with E-state index in [1.54, 1.807) is 24.3 Å². The van der Waals surface area contributed by atoms with Gasteiger partial charge >= 0.3 is 5.97 Å². The fourth-order valence-corrected chi connectivity index (χ4v) is 2.82. The number of carbonyl (C=O) groups excluding carboxylic acids is 1. The molecule has 4 unspecified atom stereocenters. The summed E-state index contributed by atoms with van der Waals surface area (Å²) in [4.78, 5) is 23.5. The van der Waals surface area contributed by atoms with E-state index in [0.717, 1.165) is 5.56 Å². The Labute approximate surface area is 120 Å². The molecule has 2 heterocycles. The zero-order valence-electron chi connectivity index (χ0n) is 11.0. The van der Waals surface area contributed by atoms with Crippen LogP contribution in [0.1, 0.15) is 5.56 Å². The number of ether oxygens (including phenoxy) is 1. The second-order valence-corrected chi connectivity index (χ2v) is 5.18. The molecular formula is C15H14FNO4. The molecule has 0 radical (unpaired) electrons. The van der Waals surface area contributed by atoms with Gasteiger partial charge in [0.15, 0.2) is 0 Å². The van der Waals surface area contributed by atoms with Gasteiger partial charge < -0.3 is 15.2 Å². The molecule has 0 aromatic heterocycles. The maximum Gasteiger partial charge on any atom is 0.310 e. The number of benzene rings is 1. The third-order valence-corrected chi connectivity index (χ3v) is 3.87. The number of fused-ring (bicyclic) bond motifs is 2. The summed E-state index contributed by atoms with van der Waals surface area (Å²) in [6.45, 7) is 0.225. The number of hydrogen-bond donors (Lipinski definition) is 2. The van der Waals surface area contributed by atoms with Gasteiger partial charge in [0, 0.05) is 6.54 Å². The van der Waals surface area contributed by atoms with Crippen molar-refractivity contribution < 1.29 is 23.8 Å². The van der Waals surface area contributed by atoms with Gasteiger partial charge in [0.25, 0.3) is 0 Å². The molecular weight excluding hydrogens is 277 g/mol. The Bertz CT molecular complexity index is 598. The van der Waals surface area contributed by atoms with E-state index < -0.39 is 30.0 Å². The van der Waals surface area contributed by atoms with E-state index in [1.165, 1.54) is 12.1 Å². The number of aliphatic carboxylic acids is 1. The van der Waals surface area contributed by atoms with Crippen LogP contribution in [0.2, 0.25) is 0 Å². The summed E-state index contributed by atoms with van der Waals surface area (Å²) in [5, 5.41) is 11.9. The quantitative estimate of drug-likeness (QED) is 0.814. The first kappa shape index (κ1) is 13.8. The summed E-state index contributed by atoms with van der Waals surface area (Å²) >= 11 is 0. The van der Waals surface area contributed by atoms with Gasteiger partial charge in [-0.2, -0.15) is 0 Å². The van der Waals surface area contributed by atoms with Crippen molar-refractivity contribution in [1.82, 2.24) is 5.32 Å². The lowest BCUT2D eigenvalue weighted by molar-refractivity contribution is -0.146. The molecule has 2 aliphatic rings. The van der Waals surface area contributed by atoms with E-state index in [9.17, 15) is 19.1 Å². The van der Waals surface area contributed by atoms with Crippen LogP contribution in [0.5, 0.6) is 0 Å². The lowest BCUT2D eigenvalue weighted by atomic mass is 9.82. The largest absolute Gasteiger partial charge is 0.481 e. The number of carboxylic acids is 1. The van der Waals surface area contributed by atoms with Gasteiger partial charge in [0.1, 0.15) is 11.7 Å². The van der Waals surface area contributed by atoms with Gasteiger partial charge in [-0.1, -0.05) is 24.3 Å². The van der Waals surface area contributed by atoms with Gasteiger partial charge in [0.05, 0.1) is 18.1 Å². The Morgan fingerprint density at radius 1 is 1.14 bits per heavy atom. The summed E-state index contributed by atoms with van der Waals surface area (Å²) in [6.07, 6.45) is 2.40. The lowest BCUT2D eigenvalue weighted by Gasteiger charge is -2.21. The zero-order chi connectivity index (χ0) is 15.0. The van der Waals surface area contributed by atoms with Crippen molar-refractivity contribution in [1.29, 1.82) is 0 Å². The first-order valence-electron chi connectivity index (χ1n) is 6.65. The van der Waals surface area contributed by atoms with Crippen molar-refractivity contribution >= 4 is 11.9 Å². The molecule has 21 heavy (non-hydrogen) atoms. The summed E-state index contributed by atoms with van der Waals surface area (Å²) in [6, 6.07) is 5.76. The molecule has 1 aromatic rings. The minimum absolute atomic E-state index is 0.225. The van der Waals surface area contributed by atoms with E-state index in [0.29, 0.717) is 0 Å². The standard InChI is InChI=1S/C15H14FNO4/c16-9-3-1-8(2-4-9)7-17-14(18)12-10-5-6-11(21-10)13(12)15(19)20/h1-6,10-13H,7H2,(H,17,18)(H,19,20). The summed E-state index contributed by atoms with van der Waals surface area (Å²) < 4.78 is 18.2. The first-order valence-corrected chi connectivity index (χ1v) is 6.65. The van der Waals surface area contributed by atoms with E-state index in [-0.39, 0.29) is 18.3 Å². The molecule has 3 rings (SSSR count). The molecule has 0 spiro atoms. The maximum absolute atomic E-state index is 12.8. The van der Waals surface area contributed by atoms with Crippen LogP contribution >= 0.6 is 0 Å². The molecule has 2 N–H and O–H groups in total. The van der Waals surface area contributed by atoms with Crippen LogP contribution < -0.4 is 5.32 Å². The second kappa shape index (κ2) is 5.29. The highest BCUT2D eigenvalue weighted by Crippen LogP contribution is 2.39. The third-order valence-electron chi connectivity index (χ3n) is 3.87. The fraction of sp³-hybridized carbons (Fsp3) is 0.333. The van der Waals surface area contributed by atoms with E-state index in [4.69, 9.17) is 4.74 Å². The van der Waals surface area contributed by atoms with E-state index in [2.05, 4.69) is 5.32 Å². The van der Waals surface area contributed by atoms with Crippen molar-refractivity contribution in [2.75, 3.05) is 0 Å². The third kappa shape index (κ3) is 2.54. The number of halogens is 1. The number of carbonyl (C=O) groups is 2. The van der Waals surface area contributed by atoms with Crippen LogP contribution in [0, 0.1) is 17.7 Å². The monoisotopic (exact) mass is 291 g/mol. The molecule has 0 aliphatic carbocycles. The molecule has 1 aromatic carbocycles. The molecule has 5 nitrogen and oxygen atoms in total. The Balaban J connectivity index is 1.66. The van der Waals surface area contributed by atoms with Gasteiger partial charge in [0.2, 0.25) is 5.91 Å². The van der Waals surface area contributed by atoms with Crippen LogP contribution in [0.25, 0.3) is 0 Å². The minimum atomic E-state index is -1.03. The van der Waals surface area contributed by atoms with Crippen molar-refractivity contribution in [3.63, 3.8) is 0 Å². The molecule has 6 heteroatoms. The SMILES string of the molecule is O=C(O)C1C2C=CC(O2)C1C(=O)NCc1ccc(F)cc1. The van der Waals surface area contributed by atoms with Crippen LogP contribution in [-0.4, -0.2) is 29.2 Å². The number of hydrogen-bond acceptors (Lipinski definition) is 3. The van der Waals surface area contributed by atoms with Gasteiger partial charge in [-0.05, 0) is 17.7 Å². The number of amides is 1. The number of rotatable bonds is 4. The Morgan fingerprint density at radius 3 is 2.38 bits per heavy atom. The maximum atomic E-state index is 12.8. The predicted molar refractivity (Wildman–Crippen MR) is 70.7 cm³/mol.